The van der Waals surface area contributed by atoms with E-state index in [4.69, 9.17) is 4.74 Å². The number of ether oxygens (including phenoxy) is 1. The number of piperidine rings is 1. The molecule has 0 spiro atoms. The number of nitrogens with one attached hydrogen (secondary N) is 1. The molecule has 0 saturated carbocycles. The van der Waals surface area contributed by atoms with Crippen molar-refractivity contribution in [1.82, 2.24) is 4.31 Å². The molecule has 166 valence electrons. The van der Waals surface area contributed by atoms with Crippen molar-refractivity contribution >= 4 is 38.5 Å². The first-order valence-electron chi connectivity index (χ1n) is 10.6. The third-order valence-electron chi connectivity index (χ3n) is 5.60. The Balaban J connectivity index is 1.56. The van der Waals surface area contributed by atoms with Gasteiger partial charge in [0.05, 0.1) is 7.11 Å². The van der Waals surface area contributed by atoms with Crippen molar-refractivity contribution < 1.29 is 17.9 Å². The molecule has 3 aromatic rings. The first-order chi connectivity index (χ1) is 15.5. The summed E-state index contributed by atoms with van der Waals surface area (Å²) in [6, 6.07) is 18.5. The van der Waals surface area contributed by atoms with Crippen molar-refractivity contribution in [2.45, 2.75) is 24.2 Å². The lowest BCUT2D eigenvalue weighted by Gasteiger charge is -2.26. The molecule has 1 N–H and O–H groups in total. The quantitative estimate of drug-likeness (QED) is 0.554. The molecule has 32 heavy (non-hydrogen) atoms. The van der Waals surface area contributed by atoms with Crippen LogP contribution in [0.25, 0.3) is 16.8 Å². The zero-order chi connectivity index (χ0) is 22.6. The van der Waals surface area contributed by atoms with E-state index in [9.17, 15) is 13.2 Å². The van der Waals surface area contributed by atoms with E-state index in [-0.39, 0.29) is 10.8 Å². The van der Waals surface area contributed by atoms with Gasteiger partial charge in [-0.05, 0) is 48.1 Å². The molecule has 1 heterocycles. The maximum Gasteiger partial charge on any atom is 0.248 e. The van der Waals surface area contributed by atoms with Gasteiger partial charge in [0.2, 0.25) is 15.9 Å². The Hall–Kier alpha value is -3.16. The molecule has 0 aromatic heterocycles. The highest BCUT2D eigenvalue weighted by Crippen LogP contribution is 2.30. The molecule has 6 nitrogen and oxygen atoms in total. The standard InChI is InChI=1S/C25H26N2O4S/c1-31-23-14-12-19(18-24(23)32(29,30)27-16-5-2-6-17-27)13-15-25(28)26-22-11-7-9-20-8-3-4-10-21(20)22/h3-4,7-15,18H,2,5-6,16-17H2,1H3,(H,26,28). The van der Waals surface area contributed by atoms with E-state index in [0.717, 1.165) is 35.7 Å². The zero-order valence-corrected chi connectivity index (χ0v) is 18.8. The number of nitrogens with zero attached hydrogens (tertiary/aromatic N) is 1. The highest BCUT2D eigenvalue weighted by molar-refractivity contribution is 7.89. The fourth-order valence-corrected chi connectivity index (χ4v) is 5.63. The van der Waals surface area contributed by atoms with Crippen molar-refractivity contribution in [3.63, 3.8) is 0 Å². The van der Waals surface area contributed by atoms with E-state index in [0.29, 0.717) is 24.4 Å². The lowest BCUT2D eigenvalue weighted by Crippen LogP contribution is -2.35. The summed E-state index contributed by atoms with van der Waals surface area (Å²) in [6.07, 6.45) is 5.76. The summed E-state index contributed by atoms with van der Waals surface area (Å²) in [4.78, 5) is 12.7. The van der Waals surface area contributed by atoms with Crippen LogP contribution in [-0.4, -0.2) is 38.8 Å². The van der Waals surface area contributed by atoms with Gasteiger partial charge in [0.1, 0.15) is 10.6 Å². The molecule has 7 heteroatoms. The van der Waals surface area contributed by atoms with Crippen LogP contribution in [0.2, 0.25) is 0 Å². The molecule has 4 rings (SSSR count). The van der Waals surface area contributed by atoms with Gasteiger partial charge in [-0.15, -0.1) is 0 Å². The molecule has 1 fully saturated rings. The topological polar surface area (TPSA) is 75.7 Å². The minimum absolute atomic E-state index is 0.124. The fraction of sp³-hybridized carbons (Fsp3) is 0.240. The van der Waals surface area contributed by atoms with Crippen molar-refractivity contribution in [2.24, 2.45) is 0 Å². The fourth-order valence-electron chi connectivity index (χ4n) is 3.92. The number of carbonyl (C=O) groups is 1. The Kier molecular flexibility index (Phi) is 6.58. The number of hydrogen-bond acceptors (Lipinski definition) is 4. The van der Waals surface area contributed by atoms with Gasteiger partial charge in [-0.1, -0.05) is 48.9 Å². The number of fused-ring (bicyclic) bond motifs is 1. The molecule has 0 radical (unpaired) electrons. The summed E-state index contributed by atoms with van der Waals surface area (Å²) in [5.41, 5.74) is 1.33. The van der Waals surface area contributed by atoms with Gasteiger partial charge in [-0.2, -0.15) is 4.31 Å². The number of carbonyl (C=O) groups excluding carboxylic acids is 1. The minimum Gasteiger partial charge on any atom is -0.495 e. The van der Waals surface area contributed by atoms with Gasteiger partial charge in [-0.3, -0.25) is 4.79 Å². The highest BCUT2D eigenvalue weighted by atomic mass is 32.2. The van der Waals surface area contributed by atoms with Gasteiger partial charge in [0.15, 0.2) is 0 Å². The van der Waals surface area contributed by atoms with Crippen molar-refractivity contribution in [2.75, 3.05) is 25.5 Å². The maximum atomic E-state index is 13.2. The molecule has 1 aliphatic rings. The van der Waals surface area contributed by atoms with E-state index >= 15 is 0 Å². The number of methoxy groups -OCH3 is 1. The minimum atomic E-state index is -3.66. The summed E-state index contributed by atoms with van der Waals surface area (Å²) >= 11 is 0. The summed E-state index contributed by atoms with van der Waals surface area (Å²) in [6.45, 7) is 1.03. The summed E-state index contributed by atoms with van der Waals surface area (Å²) in [7, 11) is -2.21. The highest BCUT2D eigenvalue weighted by Gasteiger charge is 2.29. The monoisotopic (exact) mass is 450 g/mol. The molecular formula is C25H26N2O4S. The number of anilines is 1. The lowest BCUT2D eigenvalue weighted by atomic mass is 10.1. The van der Waals surface area contributed by atoms with Gasteiger partial charge in [0.25, 0.3) is 0 Å². The second kappa shape index (κ2) is 9.54. The predicted octanol–water partition coefficient (Wildman–Crippen LogP) is 4.67. The number of amides is 1. The average Bonchev–Trinajstić information content (AvgIpc) is 2.83. The van der Waals surface area contributed by atoms with Crippen LogP contribution in [0.3, 0.4) is 0 Å². The predicted molar refractivity (Wildman–Crippen MR) is 127 cm³/mol. The van der Waals surface area contributed by atoms with E-state index in [1.54, 1.807) is 24.3 Å². The number of sulfonamides is 1. The molecular weight excluding hydrogens is 424 g/mol. The third kappa shape index (κ3) is 4.69. The van der Waals surface area contributed by atoms with Crippen LogP contribution < -0.4 is 10.1 Å². The van der Waals surface area contributed by atoms with Crippen molar-refractivity contribution in [1.29, 1.82) is 0 Å². The molecule has 0 bridgehead atoms. The lowest BCUT2D eigenvalue weighted by molar-refractivity contribution is -0.111. The summed E-state index contributed by atoms with van der Waals surface area (Å²) in [5.74, 6) is 0.00513. The van der Waals surface area contributed by atoms with Crippen LogP contribution in [0, 0.1) is 0 Å². The second-order valence-corrected chi connectivity index (χ2v) is 9.63. The molecule has 0 atom stereocenters. The Bertz CT molecular complexity index is 1260. The van der Waals surface area contributed by atoms with E-state index in [1.165, 1.54) is 17.5 Å². The van der Waals surface area contributed by atoms with Crippen LogP contribution in [0.4, 0.5) is 5.69 Å². The SMILES string of the molecule is COc1ccc(C=CC(=O)Nc2cccc3ccccc23)cc1S(=O)(=O)N1CCCCC1. The zero-order valence-electron chi connectivity index (χ0n) is 18.0. The Morgan fingerprint density at radius 3 is 2.53 bits per heavy atom. The van der Waals surface area contributed by atoms with Crippen LogP contribution in [0.15, 0.2) is 71.6 Å². The van der Waals surface area contributed by atoms with Crippen LogP contribution in [0.5, 0.6) is 5.75 Å². The number of rotatable bonds is 6. The van der Waals surface area contributed by atoms with Crippen molar-refractivity contribution in [3.05, 3.63) is 72.3 Å². The summed E-state index contributed by atoms with van der Waals surface area (Å²) in [5, 5.41) is 4.89. The van der Waals surface area contributed by atoms with Crippen molar-refractivity contribution in [3.8, 4) is 5.75 Å². The molecule has 0 unspecified atom stereocenters. The molecule has 1 saturated heterocycles. The number of hydrogen-bond donors (Lipinski definition) is 1. The van der Waals surface area contributed by atoms with E-state index in [1.807, 2.05) is 42.5 Å². The van der Waals surface area contributed by atoms with Gasteiger partial charge >= 0.3 is 0 Å². The van der Waals surface area contributed by atoms with E-state index < -0.39 is 10.0 Å². The Labute approximate surface area is 188 Å². The maximum absolute atomic E-state index is 13.2. The largest absolute Gasteiger partial charge is 0.495 e. The Morgan fingerprint density at radius 1 is 1.00 bits per heavy atom. The van der Waals surface area contributed by atoms with Gasteiger partial charge in [-0.25, -0.2) is 8.42 Å². The van der Waals surface area contributed by atoms with Crippen LogP contribution >= 0.6 is 0 Å². The Morgan fingerprint density at radius 2 is 1.75 bits per heavy atom. The number of benzene rings is 3. The van der Waals surface area contributed by atoms with E-state index in [2.05, 4.69) is 5.32 Å². The summed E-state index contributed by atoms with van der Waals surface area (Å²) < 4.78 is 33.2. The van der Waals surface area contributed by atoms with Gasteiger partial charge in [0, 0.05) is 30.2 Å². The average molecular weight is 451 g/mol. The smallest absolute Gasteiger partial charge is 0.248 e. The first kappa shape index (κ1) is 22.0. The van der Waals surface area contributed by atoms with Gasteiger partial charge < -0.3 is 10.1 Å². The van der Waals surface area contributed by atoms with Crippen LogP contribution in [0.1, 0.15) is 24.8 Å². The normalized spacial score (nSPS) is 15.2. The second-order valence-electron chi connectivity index (χ2n) is 7.72. The van der Waals surface area contributed by atoms with Crippen LogP contribution in [-0.2, 0) is 14.8 Å². The first-order valence-corrected chi connectivity index (χ1v) is 12.1. The molecule has 1 aliphatic heterocycles. The molecule has 3 aromatic carbocycles. The third-order valence-corrected chi connectivity index (χ3v) is 7.52. The molecule has 0 aliphatic carbocycles. The molecule has 1 amide bonds.